The summed E-state index contributed by atoms with van der Waals surface area (Å²) in [4.78, 5) is 32.8. The number of amides is 1. The van der Waals surface area contributed by atoms with Gasteiger partial charge in [-0.3, -0.25) is 9.59 Å². The Hall–Kier alpha value is -2.63. The SMILES string of the molecule is CCOC(=O)Cc1ccc(NC(=O)/C=C\C(=O)O)cc1. The van der Waals surface area contributed by atoms with Gasteiger partial charge in [0.25, 0.3) is 0 Å². The fraction of sp³-hybridized carbons (Fsp3) is 0.214. The van der Waals surface area contributed by atoms with Crippen LogP contribution in [0, 0.1) is 0 Å². The Kier molecular flexibility index (Phi) is 5.96. The highest BCUT2D eigenvalue weighted by molar-refractivity contribution is 6.02. The summed E-state index contributed by atoms with van der Waals surface area (Å²) in [5.41, 5.74) is 1.28. The fourth-order valence-corrected chi connectivity index (χ4v) is 1.42. The zero-order valence-electron chi connectivity index (χ0n) is 11.0. The van der Waals surface area contributed by atoms with E-state index in [4.69, 9.17) is 9.84 Å². The number of hydrogen-bond acceptors (Lipinski definition) is 4. The van der Waals surface area contributed by atoms with Crippen molar-refractivity contribution < 1.29 is 24.2 Å². The molecule has 0 unspecified atom stereocenters. The van der Waals surface area contributed by atoms with Crippen molar-refractivity contribution in [2.45, 2.75) is 13.3 Å². The smallest absolute Gasteiger partial charge is 0.328 e. The van der Waals surface area contributed by atoms with Crippen molar-refractivity contribution in [2.75, 3.05) is 11.9 Å². The molecule has 0 saturated heterocycles. The molecule has 0 saturated carbocycles. The quantitative estimate of drug-likeness (QED) is 0.605. The average molecular weight is 277 g/mol. The summed E-state index contributed by atoms with van der Waals surface area (Å²) in [6.07, 6.45) is 1.85. The van der Waals surface area contributed by atoms with Crippen molar-refractivity contribution in [2.24, 2.45) is 0 Å². The first-order valence-electron chi connectivity index (χ1n) is 5.98. The van der Waals surface area contributed by atoms with Gasteiger partial charge in [-0.1, -0.05) is 12.1 Å². The topological polar surface area (TPSA) is 92.7 Å². The lowest BCUT2D eigenvalue weighted by atomic mass is 10.1. The predicted molar refractivity (Wildman–Crippen MR) is 72.2 cm³/mol. The van der Waals surface area contributed by atoms with Gasteiger partial charge in [0.15, 0.2) is 0 Å². The van der Waals surface area contributed by atoms with E-state index in [1.165, 1.54) is 0 Å². The third-order valence-corrected chi connectivity index (χ3v) is 2.25. The lowest BCUT2D eigenvalue weighted by molar-refractivity contribution is -0.142. The van der Waals surface area contributed by atoms with E-state index in [9.17, 15) is 14.4 Å². The first kappa shape index (κ1) is 15.4. The van der Waals surface area contributed by atoms with Gasteiger partial charge in [-0.2, -0.15) is 0 Å². The minimum Gasteiger partial charge on any atom is -0.478 e. The Balaban J connectivity index is 2.56. The molecule has 0 heterocycles. The number of carbonyl (C=O) groups is 3. The van der Waals surface area contributed by atoms with E-state index in [1.54, 1.807) is 31.2 Å². The largest absolute Gasteiger partial charge is 0.478 e. The van der Waals surface area contributed by atoms with Crippen LogP contribution in [0.2, 0.25) is 0 Å². The molecule has 1 amide bonds. The zero-order chi connectivity index (χ0) is 15.0. The van der Waals surface area contributed by atoms with Crippen LogP contribution in [0.25, 0.3) is 0 Å². The van der Waals surface area contributed by atoms with Gasteiger partial charge in [-0.25, -0.2) is 4.79 Å². The van der Waals surface area contributed by atoms with E-state index in [1.807, 2.05) is 0 Å². The standard InChI is InChI=1S/C14H15NO5/c1-2-20-14(19)9-10-3-5-11(6-4-10)15-12(16)7-8-13(17)18/h3-8H,2,9H2,1H3,(H,15,16)(H,17,18)/b8-7-. The van der Waals surface area contributed by atoms with Gasteiger partial charge < -0.3 is 15.2 Å². The van der Waals surface area contributed by atoms with E-state index < -0.39 is 11.9 Å². The molecule has 0 radical (unpaired) electrons. The number of aliphatic carboxylic acids is 1. The molecule has 6 nitrogen and oxygen atoms in total. The lowest BCUT2D eigenvalue weighted by Gasteiger charge is -2.04. The maximum absolute atomic E-state index is 11.3. The highest BCUT2D eigenvalue weighted by Gasteiger charge is 2.04. The summed E-state index contributed by atoms with van der Waals surface area (Å²) in [5.74, 6) is -2.04. The lowest BCUT2D eigenvalue weighted by Crippen LogP contribution is -2.09. The van der Waals surface area contributed by atoms with Gasteiger partial charge in [0.05, 0.1) is 13.0 Å². The molecule has 0 fully saturated rings. The molecule has 0 aliphatic carbocycles. The summed E-state index contributed by atoms with van der Waals surface area (Å²) in [6, 6.07) is 6.63. The van der Waals surface area contributed by atoms with Gasteiger partial charge >= 0.3 is 11.9 Å². The van der Waals surface area contributed by atoms with Crippen LogP contribution in [0.3, 0.4) is 0 Å². The molecule has 0 aliphatic rings. The van der Waals surface area contributed by atoms with Crippen molar-refractivity contribution in [3.8, 4) is 0 Å². The van der Waals surface area contributed by atoms with Crippen molar-refractivity contribution in [1.82, 2.24) is 0 Å². The molecule has 0 aromatic heterocycles. The molecule has 1 aromatic rings. The second-order valence-electron chi connectivity index (χ2n) is 3.84. The maximum atomic E-state index is 11.3. The summed E-state index contributed by atoms with van der Waals surface area (Å²) >= 11 is 0. The van der Waals surface area contributed by atoms with Crippen molar-refractivity contribution >= 4 is 23.5 Å². The summed E-state index contributed by atoms with van der Waals surface area (Å²) in [5, 5.41) is 10.9. The van der Waals surface area contributed by atoms with Crippen LogP contribution < -0.4 is 5.32 Å². The third kappa shape index (κ3) is 5.81. The number of anilines is 1. The molecule has 20 heavy (non-hydrogen) atoms. The van der Waals surface area contributed by atoms with Crippen LogP contribution in [0.5, 0.6) is 0 Å². The van der Waals surface area contributed by atoms with Gasteiger partial charge in [0.1, 0.15) is 0 Å². The number of ether oxygens (including phenoxy) is 1. The molecule has 106 valence electrons. The van der Waals surface area contributed by atoms with E-state index in [-0.39, 0.29) is 12.4 Å². The number of carbonyl (C=O) groups excluding carboxylic acids is 2. The number of rotatable bonds is 6. The van der Waals surface area contributed by atoms with Crippen LogP contribution >= 0.6 is 0 Å². The zero-order valence-corrected chi connectivity index (χ0v) is 11.0. The summed E-state index contributed by atoms with van der Waals surface area (Å²) in [6.45, 7) is 2.07. The van der Waals surface area contributed by atoms with Crippen LogP contribution in [0.4, 0.5) is 5.69 Å². The molecule has 1 aromatic carbocycles. The number of hydrogen-bond donors (Lipinski definition) is 2. The minimum atomic E-state index is -1.19. The third-order valence-electron chi connectivity index (χ3n) is 2.25. The van der Waals surface area contributed by atoms with Gasteiger partial charge in [-0.15, -0.1) is 0 Å². The second-order valence-corrected chi connectivity index (χ2v) is 3.84. The van der Waals surface area contributed by atoms with E-state index in [0.29, 0.717) is 12.3 Å². The van der Waals surface area contributed by atoms with E-state index in [0.717, 1.165) is 17.7 Å². The second kappa shape index (κ2) is 7.73. The van der Waals surface area contributed by atoms with Crippen LogP contribution in [0.15, 0.2) is 36.4 Å². The van der Waals surface area contributed by atoms with Crippen LogP contribution in [0.1, 0.15) is 12.5 Å². The molecule has 0 bridgehead atoms. The normalized spacial score (nSPS) is 10.2. The van der Waals surface area contributed by atoms with Crippen molar-refractivity contribution in [1.29, 1.82) is 0 Å². The number of nitrogens with one attached hydrogen (secondary N) is 1. The first-order valence-corrected chi connectivity index (χ1v) is 5.98. The van der Waals surface area contributed by atoms with Crippen LogP contribution in [-0.2, 0) is 25.5 Å². The minimum absolute atomic E-state index is 0.168. The van der Waals surface area contributed by atoms with Gasteiger partial charge in [0, 0.05) is 17.8 Å². The van der Waals surface area contributed by atoms with E-state index >= 15 is 0 Å². The molecule has 0 spiro atoms. The Morgan fingerprint density at radius 1 is 1.20 bits per heavy atom. The molecule has 6 heteroatoms. The predicted octanol–water partition coefficient (Wildman–Crippen LogP) is 1.37. The maximum Gasteiger partial charge on any atom is 0.328 e. The van der Waals surface area contributed by atoms with Crippen molar-refractivity contribution in [3.63, 3.8) is 0 Å². The molecular formula is C14H15NO5. The Morgan fingerprint density at radius 3 is 2.40 bits per heavy atom. The Morgan fingerprint density at radius 2 is 1.85 bits per heavy atom. The number of esters is 1. The molecule has 2 N–H and O–H groups in total. The average Bonchev–Trinajstić information content (AvgIpc) is 2.39. The number of carboxylic acid groups (broad SMARTS) is 1. The van der Waals surface area contributed by atoms with E-state index in [2.05, 4.69) is 5.32 Å². The fourth-order valence-electron chi connectivity index (χ4n) is 1.42. The number of benzene rings is 1. The van der Waals surface area contributed by atoms with Crippen molar-refractivity contribution in [3.05, 3.63) is 42.0 Å². The van der Waals surface area contributed by atoms with Gasteiger partial charge in [0.2, 0.25) is 5.91 Å². The molecule has 0 atom stereocenters. The first-order chi connectivity index (χ1) is 9.51. The number of carboxylic acids is 1. The van der Waals surface area contributed by atoms with Crippen LogP contribution in [-0.4, -0.2) is 29.6 Å². The molecular weight excluding hydrogens is 262 g/mol. The highest BCUT2D eigenvalue weighted by atomic mass is 16.5. The highest BCUT2D eigenvalue weighted by Crippen LogP contribution is 2.10. The summed E-state index contributed by atoms with van der Waals surface area (Å²) in [7, 11) is 0. The molecule has 0 aliphatic heterocycles. The summed E-state index contributed by atoms with van der Waals surface area (Å²) < 4.78 is 4.82. The Bertz CT molecular complexity index is 519. The molecule has 1 rings (SSSR count). The Labute approximate surface area is 116 Å². The monoisotopic (exact) mass is 277 g/mol. The van der Waals surface area contributed by atoms with Gasteiger partial charge in [-0.05, 0) is 24.6 Å².